The summed E-state index contributed by atoms with van der Waals surface area (Å²) in [5.41, 5.74) is 1.52. The maximum atomic E-state index is 11.0. The Hall–Kier alpha value is -1.55. The molecule has 72 valence electrons. The van der Waals surface area contributed by atoms with E-state index in [0.717, 1.165) is 5.56 Å². The van der Waals surface area contributed by atoms with Crippen LogP contribution < -0.4 is 5.56 Å². The van der Waals surface area contributed by atoms with Gasteiger partial charge >= 0.3 is 0 Å². The van der Waals surface area contributed by atoms with Gasteiger partial charge in [0, 0.05) is 11.6 Å². The van der Waals surface area contributed by atoms with Crippen LogP contribution in [0.3, 0.4) is 0 Å². The van der Waals surface area contributed by atoms with Crippen molar-refractivity contribution in [1.29, 1.82) is 0 Å². The number of hydrogen-bond donors (Lipinski definition) is 1. The molecule has 14 heavy (non-hydrogen) atoms. The molecule has 0 aliphatic carbocycles. The number of aromatic amines is 1. The molecule has 0 aliphatic rings. The molecule has 2 rings (SSSR count). The van der Waals surface area contributed by atoms with Crippen LogP contribution in [-0.4, -0.2) is 9.97 Å². The summed E-state index contributed by atoms with van der Waals surface area (Å²) in [5.74, 6) is 0. The van der Waals surface area contributed by atoms with Crippen molar-refractivity contribution in [3.8, 4) is 11.3 Å². The first kappa shape index (κ1) is 10.5. The second-order valence-corrected chi connectivity index (χ2v) is 2.66. The van der Waals surface area contributed by atoms with Gasteiger partial charge in [-0.25, -0.2) is 4.98 Å². The predicted molar refractivity (Wildman–Crippen MR) is 60.7 cm³/mol. The summed E-state index contributed by atoms with van der Waals surface area (Å²) in [7, 11) is 0. The third kappa shape index (κ3) is 2.23. The van der Waals surface area contributed by atoms with Crippen molar-refractivity contribution in [3.05, 3.63) is 53.1 Å². The zero-order chi connectivity index (χ0) is 9.10. The van der Waals surface area contributed by atoms with Crippen LogP contribution in [0.5, 0.6) is 0 Å². The molecule has 0 radical (unpaired) electrons. The second kappa shape index (κ2) is 4.62. The van der Waals surface area contributed by atoms with E-state index in [-0.39, 0.29) is 19.1 Å². The van der Waals surface area contributed by atoms with Crippen molar-refractivity contribution in [2.24, 2.45) is 0 Å². The SMILES string of the molecule is O=c1cc(-c2ccccc2)nc[nH]1.S. The first-order chi connectivity index (χ1) is 6.36. The number of rotatable bonds is 1. The van der Waals surface area contributed by atoms with Crippen LogP contribution in [0.25, 0.3) is 11.3 Å². The van der Waals surface area contributed by atoms with Gasteiger partial charge in [-0.15, -0.1) is 0 Å². The van der Waals surface area contributed by atoms with Gasteiger partial charge < -0.3 is 4.98 Å². The summed E-state index contributed by atoms with van der Waals surface area (Å²) in [6.45, 7) is 0. The van der Waals surface area contributed by atoms with Gasteiger partial charge in [0.2, 0.25) is 0 Å². The van der Waals surface area contributed by atoms with Gasteiger partial charge in [-0.3, -0.25) is 4.79 Å². The summed E-state index contributed by atoms with van der Waals surface area (Å²) in [4.78, 5) is 17.5. The van der Waals surface area contributed by atoms with Crippen LogP contribution in [-0.2, 0) is 0 Å². The highest BCUT2D eigenvalue weighted by molar-refractivity contribution is 7.59. The third-order valence-corrected chi connectivity index (χ3v) is 1.75. The second-order valence-electron chi connectivity index (χ2n) is 2.66. The minimum atomic E-state index is -0.131. The van der Waals surface area contributed by atoms with E-state index >= 15 is 0 Å². The van der Waals surface area contributed by atoms with Crippen molar-refractivity contribution in [2.45, 2.75) is 0 Å². The maximum Gasteiger partial charge on any atom is 0.251 e. The highest BCUT2D eigenvalue weighted by atomic mass is 32.1. The molecule has 0 atom stereocenters. The van der Waals surface area contributed by atoms with Crippen molar-refractivity contribution in [1.82, 2.24) is 9.97 Å². The third-order valence-electron chi connectivity index (χ3n) is 1.75. The monoisotopic (exact) mass is 206 g/mol. The van der Waals surface area contributed by atoms with E-state index in [1.165, 1.54) is 12.4 Å². The van der Waals surface area contributed by atoms with Crippen LogP contribution in [0.1, 0.15) is 0 Å². The first-order valence-electron chi connectivity index (χ1n) is 3.96. The van der Waals surface area contributed by atoms with Crippen LogP contribution >= 0.6 is 13.5 Å². The Morgan fingerprint density at radius 1 is 1.14 bits per heavy atom. The van der Waals surface area contributed by atoms with Gasteiger partial charge in [0.25, 0.3) is 5.56 Å². The zero-order valence-corrected chi connectivity index (χ0v) is 8.40. The van der Waals surface area contributed by atoms with E-state index in [2.05, 4.69) is 9.97 Å². The Bertz CT molecular complexity index is 453. The highest BCUT2D eigenvalue weighted by Gasteiger charge is 1.96. The standard InChI is InChI=1S/C10H8N2O.H2S/c13-10-6-9(11-7-12-10)8-4-2-1-3-5-8;/h1-7H,(H,11,12,13);1H2. The lowest BCUT2D eigenvalue weighted by Crippen LogP contribution is -2.04. The molecule has 3 nitrogen and oxygen atoms in total. The number of hydrogen-bond acceptors (Lipinski definition) is 2. The molecule has 1 N–H and O–H groups in total. The minimum Gasteiger partial charge on any atom is -0.313 e. The number of H-pyrrole nitrogens is 1. The predicted octanol–water partition coefficient (Wildman–Crippen LogP) is 1.55. The summed E-state index contributed by atoms with van der Waals surface area (Å²) in [6.07, 6.45) is 1.41. The molecule has 0 fully saturated rings. The van der Waals surface area contributed by atoms with Crippen LogP contribution in [0.4, 0.5) is 0 Å². The van der Waals surface area contributed by atoms with Gasteiger partial charge in [-0.05, 0) is 0 Å². The topological polar surface area (TPSA) is 45.8 Å². The number of nitrogens with zero attached hydrogens (tertiary/aromatic N) is 1. The fourth-order valence-corrected chi connectivity index (χ4v) is 1.14. The summed E-state index contributed by atoms with van der Waals surface area (Å²) in [6, 6.07) is 11.1. The van der Waals surface area contributed by atoms with Gasteiger partial charge in [0.05, 0.1) is 12.0 Å². The Balaban J connectivity index is 0.000000980. The Labute approximate surface area is 88.3 Å². The zero-order valence-electron chi connectivity index (χ0n) is 7.40. The van der Waals surface area contributed by atoms with Gasteiger partial charge in [-0.1, -0.05) is 30.3 Å². The van der Waals surface area contributed by atoms with E-state index < -0.39 is 0 Å². The lowest BCUT2D eigenvalue weighted by atomic mass is 10.1. The first-order valence-corrected chi connectivity index (χ1v) is 3.96. The molecule has 0 bridgehead atoms. The molecule has 4 heteroatoms. The van der Waals surface area contributed by atoms with Crippen LogP contribution in [0.2, 0.25) is 0 Å². The molecule has 1 aromatic carbocycles. The number of aromatic nitrogens is 2. The van der Waals surface area contributed by atoms with Crippen molar-refractivity contribution in [2.75, 3.05) is 0 Å². The number of nitrogens with one attached hydrogen (secondary N) is 1. The Kier molecular flexibility index (Phi) is 3.48. The molecule has 0 spiro atoms. The minimum absolute atomic E-state index is 0. The molecule has 1 aromatic heterocycles. The molecule has 0 aliphatic heterocycles. The molecule has 0 saturated heterocycles. The lowest BCUT2D eigenvalue weighted by molar-refractivity contribution is 1.12. The highest BCUT2D eigenvalue weighted by Crippen LogP contribution is 2.12. The van der Waals surface area contributed by atoms with E-state index in [1.54, 1.807) is 0 Å². The largest absolute Gasteiger partial charge is 0.313 e. The van der Waals surface area contributed by atoms with E-state index in [1.807, 2.05) is 30.3 Å². The Morgan fingerprint density at radius 2 is 1.86 bits per heavy atom. The smallest absolute Gasteiger partial charge is 0.251 e. The molecular weight excluding hydrogens is 196 g/mol. The molecule has 0 unspecified atom stereocenters. The van der Waals surface area contributed by atoms with Crippen LogP contribution in [0, 0.1) is 0 Å². The molecule has 0 saturated carbocycles. The average molecular weight is 206 g/mol. The van der Waals surface area contributed by atoms with Gasteiger partial charge in [-0.2, -0.15) is 13.5 Å². The Morgan fingerprint density at radius 3 is 2.50 bits per heavy atom. The van der Waals surface area contributed by atoms with Gasteiger partial charge in [0.1, 0.15) is 0 Å². The molecule has 0 amide bonds. The molecule has 2 aromatic rings. The van der Waals surface area contributed by atoms with Crippen LogP contribution in [0.15, 0.2) is 47.5 Å². The van der Waals surface area contributed by atoms with Crippen molar-refractivity contribution in [3.63, 3.8) is 0 Å². The average Bonchev–Trinajstić information content (AvgIpc) is 2.19. The summed E-state index contributed by atoms with van der Waals surface area (Å²) < 4.78 is 0. The summed E-state index contributed by atoms with van der Waals surface area (Å²) >= 11 is 0. The van der Waals surface area contributed by atoms with Gasteiger partial charge in [0.15, 0.2) is 0 Å². The van der Waals surface area contributed by atoms with Crippen molar-refractivity contribution >= 4 is 13.5 Å². The quantitative estimate of drug-likeness (QED) is 0.769. The number of benzene rings is 1. The fraction of sp³-hybridized carbons (Fsp3) is 0. The van der Waals surface area contributed by atoms with E-state index in [9.17, 15) is 4.79 Å². The summed E-state index contributed by atoms with van der Waals surface area (Å²) in [5, 5.41) is 0. The lowest BCUT2D eigenvalue weighted by Gasteiger charge is -1.97. The maximum absolute atomic E-state index is 11.0. The molecular formula is C10H10N2OS. The normalized spacial score (nSPS) is 9.14. The van der Waals surface area contributed by atoms with E-state index in [4.69, 9.17) is 0 Å². The fourth-order valence-electron chi connectivity index (χ4n) is 1.14. The van der Waals surface area contributed by atoms with E-state index in [0.29, 0.717) is 5.69 Å². The van der Waals surface area contributed by atoms with Crippen molar-refractivity contribution < 1.29 is 0 Å². The molecule has 1 heterocycles.